The van der Waals surface area contributed by atoms with E-state index in [1.807, 2.05) is 34.6 Å². The Morgan fingerprint density at radius 3 is 2.08 bits per heavy atom. The first-order valence-corrected chi connectivity index (χ1v) is 4.72. The van der Waals surface area contributed by atoms with Crippen LogP contribution >= 0.6 is 0 Å². The first kappa shape index (κ1) is 16.3. The van der Waals surface area contributed by atoms with E-state index in [2.05, 4.69) is 4.99 Å². The first-order valence-electron chi connectivity index (χ1n) is 4.72. The van der Waals surface area contributed by atoms with E-state index in [0.717, 1.165) is 18.7 Å². The Balaban J connectivity index is 0. The van der Waals surface area contributed by atoms with E-state index in [1.54, 1.807) is 0 Å². The van der Waals surface area contributed by atoms with Crippen molar-refractivity contribution in [2.45, 2.75) is 46.6 Å². The van der Waals surface area contributed by atoms with Crippen molar-refractivity contribution in [1.29, 1.82) is 0 Å². The Labute approximate surface area is 111 Å². The standard InChI is InChI=1S/C10H21NO.Tm/c1-6-10(12,8(3)4)9(5)11-7-2;/h8,12H,6-7H2,1-5H3;. The summed E-state index contributed by atoms with van der Waals surface area (Å²) >= 11 is 0. The van der Waals surface area contributed by atoms with Crippen molar-refractivity contribution >= 4 is 5.71 Å². The van der Waals surface area contributed by atoms with Crippen molar-refractivity contribution in [1.82, 2.24) is 0 Å². The van der Waals surface area contributed by atoms with Crippen molar-refractivity contribution in [2.24, 2.45) is 10.9 Å². The fourth-order valence-corrected chi connectivity index (χ4v) is 1.46. The summed E-state index contributed by atoms with van der Waals surface area (Å²) in [7, 11) is 0. The van der Waals surface area contributed by atoms with E-state index in [9.17, 15) is 5.11 Å². The summed E-state index contributed by atoms with van der Waals surface area (Å²) in [5.74, 6) is 0.234. The van der Waals surface area contributed by atoms with Gasteiger partial charge in [0.2, 0.25) is 0 Å². The average Bonchev–Trinajstić information content (AvgIpc) is 2.03. The second kappa shape index (κ2) is 7.19. The fraction of sp³-hybridized carbons (Fsp3) is 0.900. The van der Waals surface area contributed by atoms with Crippen LogP contribution in [0.15, 0.2) is 4.99 Å². The molecule has 0 aromatic rings. The van der Waals surface area contributed by atoms with Crippen molar-refractivity contribution in [3.63, 3.8) is 0 Å². The van der Waals surface area contributed by atoms with Gasteiger partial charge in [-0.15, -0.1) is 0 Å². The van der Waals surface area contributed by atoms with Crippen LogP contribution in [0.4, 0.5) is 0 Å². The Morgan fingerprint density at radius 1 is 1.38 bits per heavy atom. The maximum absolute atomic E-state index is 10.2. The molecule has 0 spiro atoms. The molecule has 1 unspecified atom stereocenters. The van der Waals surface area contributed by atoms with Gasteiger partial charge in [0.05, 0.1) is 0 Å². The monoisotopic (exact) mass is 340 g/mol. The zero-order valence-corrected chi connectivity index (χ0v) is 10.9. The van der Waals surface area contributed by atoms with Gasteiger partial charge in [-0.2, -0.15) is 0 Å². The number of aliphatic hydroxyl groups is 1. The third kappa shape index (κ3) is 4.27. The molecule has 1 radical (unpaired) electrons. The molecule has 0 fully saturated rings. The van der Waals surface area contributed by atoms with Crippen molar-refractivity contribution in [3.05, 3.63) is 0 Å². The molecule has 13 heavy (non-hydrogen) atoms. The molecule has 0 aromatic carbocycles. The van der Waals surface area contributed by atoms with Crippen LogP contribution in [-0.4, -0.2) is 23.0 Å². The molecule has 0 amide bonds. The minimum absolute atomic E-state index is 0. The SMILES string of the molecule is CCN=C(C)C(O)(CC)C(C)C.[Tm]. The van der Waals surface area contributed by atoms with Crippen molar-refractivity contribution < 1.29 is 42.0 Å². The second-order valence-electron chi connectivity index (χ2n) is 3.49. The molecule has 0 aliphatic carbocycles. The Hall–Kier alpha value is 0.864. The van der Waals surface area contributed by atoms with Crippen LogP contribution in [0.5, 0.6) is 0 Å². The molecular formula is C10H21NOTm. The molecule has 0 aromatic heterocycles. The minimum atomic E-state index is -0.698. The third-order valence-corrected chi connectivity index (χ3v) is 2.52. The van der Waals surface area contributed by atoms with Crippen LogP contribution in [0.25, 0.3) is 0 Å². The smallest absolute Gasteiger partial charge is 0.104 e. The summed E-state index contributed by atoms with van der Waals surface area (Å²) in [4.78, 5) is 4.26. The number of aliphatic imine (C=N–C) groups is 1. The summed E-state index contributed by atoms with van der Waals surface area (Å²) in [6, 6.07) is 0. The molecule has 1 atom stereocenters. The molecule has 1 N–H and O–H groups in total. The van der Waals surface area contributed by atoms with Gasteiger partial charge in [0.25, 0.3) is 0 Å². The molecule has 0 heterocycles. The van der Waals surface area contributed by atoms with Crippen LogP contribution in [0.1, 0.15) is 41.0 Å². The average molecular weight is 340 g/mol. The van der Waals surface area contributed by atoms with E-state index < -0.39 is 5.60 Å². The van der Waals surface area contributed by atoms with Gasteiger partial charge in [0, 0.05) is 49.1 Å². The van der Waals surface area contributed by atoms with E-state index in [1.165, 1.54) is 0 Å². The summed E-state index contributed by atoms with van der Waals surface area (Å²) in [6.07, 6.45) is 0.736. The maximum Gasteiger partial charge on any atom is 0.104 e. The number of rotatable bonds is 4. The van der Waals surface area contributed by atoms with Crippen LogP contribution in [-0.2, 0) is 0 Å². The quantitative estimate of drug-likeness (QED) is 0.783. The van der Waals surface area contributed by atoms with Crippen molar-refractivity contribution in [3.8, 4) is 0 Å². The van der Waals surface area contributed by atoms with E-state index in [-0.39, 0.29) is 42.8 Å². The summed E-state index contributed by atoms with van der Waals surface area (Å²) in [5, 5.41) is 10.2. The van der Waals surface area contributed by atoms with Gasteiger partial charge in [-0.3, -0.25) is 4.99 Å². The normalized spacial score (nSPS) is 16.7. The summed E-state index contributed by atoms with van der Waals surface area (Å²) in [5.41, 5.74) is 0.165. The molecule has 3 heteroatoms. The Morgan fingerprint density at radius 2 is 1.85 bits per heavy atom. The zero-order chi connectivity index (χ0) is 9.78. The fourth-order valence-electron chi connectivity index (χ4n) is 1.46. The van der Waals surface area contributed by atoms with Gasteiger partial charge in [-0.1, -0.05) is 20.8 Å². The van der Waals surface area contributed by atoms with Crippen LogP contribution in [0.2, 0.25) is 0 Å². The predicted octanol–water partition coefficient (Wildman–Crippen LogP) is 2.26. The van der Waals surface area contributed by atoms with Gasteiger partial charge in [-0.05, 0) is 26.2 Å². The molecule has 0 aliphatic heterocycles. The van der Waals surface area contributed by atoms with E-state index >= 15 is 0 Å². The second-order valence-corrected chi connectivity index (χ2v) is 3.49. The Kier molecular flexibility index (Phi) is 9.02. The van der Waals surface area contributed by atoms with Crippen LogP contribution in [0, 0.1) is 42.8 Å². The van der Waals surface area contributed by atoms with Crippen LogP contribution < -0.4 is 0 Å². The van der Waals surface area contributed by atoms with Gasteiger partial charge < -0.3 is 5.11 Å². The molecule has 2 nitrogen and oxygen atoms in total. The number of hydrogen-bond acceptors (Lipinski definition) is 2. The number of hydrogen-bond donors (Lipinski definition) is 1. The summed E-state index contributed by atoms with van der Waals surface area (Å²) in [6.45, 7) is 10.7. The molecular weight excluding hydrogens is 319 g/mol. The Bertz CT molecular complexity index is 168. The van der Waals surface area contributed by atoms with Gasteiger partial charge >= 0.3 is 0 Å². The molecule has 0 bridgehead atoms. The van der Waals surface area contributed by atoms with Gasteiger partial charge in [0.15, 0.2) is 0 Å². The molecule has 0 saturated carbocycles. The van der Waals surface area contributed by atoms with Crippen molar-refractivity contribution in [2.75, 3.05) is 6.54 Å². The predicted molar refractivity (Wildman–Crippen MR) is 53.7 cm³/mol. The van der Waals surface area contributed by atoms with E-state index in [0.29, 0.717) is 0 Å². The largest absolute Gasteiger partial charge is 0.384 e. The topological polar surface area (TPSA) is 32.6 Å². The van der Waals surface area contributed by atoms with Gasteiger partial charge in [0.1, 0.15) is 5.60 Å². The summed E-state index contributed by atoms with van der Waals surface area (Å²) < 4.78 is 0. The van der Waals surface area contributed by atoms with E-state index in [4.69, 9.17) is 0 Å². The third-order valence-electron chi connectivity index (χ3n) is 2.52. The zero-order valence-electron chi connectivity index (χ0n) is 9.16. The molecule has 0 rings (SSSR count). The molecule has 0 saturated heterocycles. The maximum atomic E-state index is 10.2. The number of nitrogens with zero attached hydrogens (tertiary/aromatic N) is 1. The minimum Gasteiger partial charge on any atom is -0.384 e. The first-order chi connectivity index (χ1) is 5.49. The molecule has 0 aliphatic rings. The molecule has 85 valence electrons. The van der Waals surface area contributed by atoms with Crippen LogP contribution in [0.3, 0.4) is 0 Å². The van der Waals surface area contributed by atoms with Gasteiger partial charge in [-0.25, -0.2) is 0 Å².